The highest BCUT2D eigenvalue weighted by Gasteiger charge is 2.17. The Balaban J connectivity index is 1.75. The van der Waals surface area contributed by atoms with Crippen LogP contribution in [0.4, 0.5) is 13.9 Å². The van der Waals surface area contributed by atoms with E-state index in [4.69, 9.17) is 11.6 Å². The summed E-state index contributed by atoms with van der Waals surface area (Å²) >= 11 is 6.52. The summed E-state index contributed by atoms with van der Waals surface area (Å²) in [4.78, 5) is 12.0. The number of benzene rings is 1. The SMILES string of the molecule is O=C(Nc1nnc(C(F)F)s1)c1ccn(-c2cccc(Cl)c2)n1. The Morgan fingerprint density at radius 1 is 1.30 bits per heavy atom. The zero-order valence-corrected chi connectivity index (χ0v) is 12.9. The average Bonchev–Trinajstić information content (AvgIpc) is 3.16. The third-order valence-electron chi connectivity index (χ3n) is 2.74. The zero-order valence-electron chi connectivity index (χ0n) is 11.3. The lowest BCUT2D eigenvalue weighted by molar-refractivity contribution is 0.102. The van der Waals surface area contributed by atoms with Crippen molar-refractivity contribution in [2.24, 2.45) is 0 Å². The number of rotatable bonds is 4. The molecule has 1 aromatic carbocycles. The molecular weight excluding hydrogens is 348 g/mol. The van der Waals surface area contributed by atoms with E-state index in [0.717, 1.165) is 0 Å². The van der Waals surface area contributed by atoms with Gasteiger partial charge in [-0.15, -0.1) is 10.2 Å². The molecule has 0 fully saturated rings. The van der Waals surface area contributed by atoms with Crippen molar-refractivity contribution in [1.29, 1.82) is 0 Å². The number of aromatic nitrogens is 4. The molecule has 0 radical (unpaired) electrons. The fraction of sp³-hybridized carbons (Fsp3) is 0.0769. The fourth-order valence-electron chi connectivity index (χ4n) is 1.74. The Hall–Kier alpha value is -2.39. The summed E-state index contributed by atoms with van der Waals surface area (Å²) in [6.45, 7) is 0. The van der Waals surface area contributed by atoms with E-state index in [1.165, 1.54) is 10.7 Å². The molecule has 0 saturated carbocycles. The van der Waals surface area contributed by atoms with Crippen LogP contribution < -0.4 is 5.32 Å². The Bertz CT molecular complexity index is 850. The van der Waals surface area contributed by atoms with E-state index in [2.05, 4.69) is 20.6 Å². The molecule has 3 aromatic rings. The normalized spacial score (nSPS) is 11.0. The topological polar surface area (TPSA) is 72.7 Å². The van der Waals surface area contributed by atoms with Gasteiger partial charge in [0.25, 0.3) is 12.3 Å². The van der Waals surface area contributed by atoms with E-state index in [1.807, 2.05) is 0 Å². The summed E-state index contributed by atoms with van der Waals surface area (Å²) in [5.74, 6) is -0.567. The molecule has 0 bridgehead atoms. The van der Waals surface area contributed by atoms with Gasteiger partial charge in [0.2, 0.25) is 5.13 Å². The predicted molar refractivity (Wildman–Crippen MR) is 81.4 cm³/mol. The van der Waals surface area contributed by atoms with Crippen molar-refractivity contribution in [3.63, 3.8) is 0 Å². The number of hydrogen-bond donors (Lipinski definition) is 1. The van der Waals surface area contributed by atoms with E-state index in [1.54, 1.807) is 30.5 Å². The van der Waals surface area contributed by atoms with Gasteiger partial charge in [0.1, 0.15) is 0 Å². The van der Waals surface area contributed by atoms with Crippen molar-refractivity contribution in [2.75, 3.05) is 5.32 Å². The van der Waals surface area contributed by atoms with Crippen molar-refractivity contribution < 1.29 is 13.6 Å². The average molecular weight is 356 g/mol. The van der Waals surface area contributed by atoms with Gasteiger partial charge in [0.05, 0.1) is 5.69 Å². The second-order valence-corrected chi connectivity index (χ2v) is 5.77. The summed E-state index contributed by atoms with van der Waals surface area (Å²) in [7, 11) is 0. The minimum absolute atomic E-state index is 0.0115. The van der Waals surface area contributed by atoms with Crippen molar-refractivity contribution in [3.05, 3.63) is 52.3 Å². The fourth-order valence-corrected chi connectivity index (χ4v) is 2.52. The molecule has 118 valence electrons. The largest absolute Gasteiger partial charge is 0.295 e. The molecule has 0 aliphatic rings. The number of carbonyl (C=O) groups excluding carboxylic acids is 1. The number of nitrogens with zero attached hydrogens (tertiary/aromatic N) is 4. The first-order valence-electron chi connectivity index (χ1n) is 6.27. The minimum Gasteiger partial charge on any atom is -0.295 e. The molecule has 0 spiro atoms. The van der Waals surface area contributed by atoms with Crippen molar-refractivity contribution in [3.8, 4) is 5.69 Å². The van der Waals surface area contributed by atoms with E-state index in [9.17, 15) is 13.6 Å². The van der Waals surface area contributed by atoms with Crippen LogP contribution in [0, 0.1) is 0 Å². The molecule has 3 rings (SSSR count). The molecule has 1 N–H and O–H groups in total. The van der Waals surface area contributed by atoms with Crippen molar-refractivity contribution >= 4 is 34.0 Å². The first kappa shape index (κ1) is 15.5. The molecule has 10 heteroatoms. The maximum absolute atomic E-state index is 12.4. The van der Waals surface area contributed by atoms with Crippen LogP contribution in [0.25, 0.3) is 5.69 Å². The molecule has 0 atom stereocenters. The van der Waals surface area contributed by atoms with E-state index in [0.29, 0.717) is 22.0 Å². The monoisotopic (exact) mass is 355 g/mol. The summed E-state index contributed by atoms with van der Waals surface area (Å²) in [5, 5.41) is 13.3. The van der Waals surface area contributed by atoms with Crippen LogP contribution in [0.15, 0.2) is 36.5 Å². The first-order valence-corrected chi connectivity index (χ1v) is 7.47. The van der Waals surface area contributed by atoms with Crippen LogP contribution in [-0.4, -0.2) is 25.9 Å². The van der Waals surface area contributed by atoms with Gasteiger partial charge in [-0.05, 0) is 24.3 Å². The lowest BCUT2D eigenvalue weighted by Crippen LogP contribution is -2.13. The molecule has 2 heterocycles. The Labute approximate surface area is 137 Å². The van der Waals surface area contributed by atoms with Crippen LogP contribution in [0.2, 0.25) is 5.02 Å². The highest BCUT2D eigenvalue weighted by atomic mass is 35.5. The van der Waals surface area contributed by atoms with Crippen molar-refractivity contribution in [2.45, 2.75) is 6.43 Å². The predicted octanol–water partition coefficient (Wildman–Crippen LogP) is 3.57. The molecule has 1 amide bonds. The summed E-state index contributed by atoms with van der Waals surface area (Å²) in [6, 6.07) is 8.44. The molecule has 23 heavy (non-hydrogen) atoms. The first-order chi connectivity index (χ1) is 11.0. The minimum atomic E-state index is -2.72. The maximum Gasteiger partial charge on any atom is 0.291 e. The van der Waals surface area contributed by atoms with E-state index >= 15 is 0 Å². The molecule has 0 unspecified atom stereocenters. The van der Waals surface area contributed by atoms with Gasteiger partial charge in [-0.25, -0.2) is 13.5 Å². The van der Waals surface area contributed by atoms with Crippen LogP contribution in [0.3, 0.4) is 0 Å². The summed E-state index contributed by atoms with van der Waals surface area (Å²) in [5.41, 5.74) is 0.797. The molecule has 0 saturated heterocycles. The highest BCUT2D eigenvalue weighted by molar-refractivity contribution is 7.15. The molecule has 6 nitrogen and oxygen atoms in total. The number of anilines is 1. The van der Waals surface area contributed by atoms with Gasteiger partial charge >= 0.3 is 0 Å². The van der Waals surface area contributed by atoms with Crippen LogP contribution in [-0.2, 0) is 0 Å². The third kappa shape index (κ3) is 3.51. The van der Waals surface area contributed by atoms with Crippen LogP contribution in [0.1, 0.15) is 21.9 Å². The quantitative estimate of drug-likeness (QED) is 0.776. The number of hydrogen-bond acceptors (Lipinski definition) is 5. The number of nitrogens with one attached hydrogen (secondary N) is 1. The van der Waals surface area contributed by atoms with Gasteiger partial charge < -0.3 is 0 Å². The van der Waals surface area contributed by atoms with Crippen LogP contribution in [0.5, 0.6) is 0 Å². The number of alkyl halides is 2. The second-order valence-electron chi connectivity index (χ2n) is 4.33. The smallest absolute Gasteiger partial charge is 0.291 e. The number of halogens is 3. The standard InChI is InChI=1S/C13H8ClF2N5OS/c14-7-2-1-3-8(6-7)21-5-4-9(20-21)11(22)17-13-19-18-12(23-13)10(15)16/h1-6,10H,(H,17,19,22). The number of amides is 1. The van der Waals surface area contributed by atoms with Gasteiger partial charge in [-0.3, -0.25) is 10.1 Å². The van der Waals surface area contributed by atoms with Gasteiger partial charge in [0, 0.05) is 11.2 Å². The second kappa shape index (κ2) is 6.39. The molecule has 2 aromatic heterocycles. The molecule has 0 aliphatic carbocycles. The highest BCUT2D eigenvalue weighted by Crippen LogP contribution is 2.25. The maximum atomic E-state index is 12.4. The van der Waals surface area contributed by atoms with E-state index in [-0.39, 0.29) is 10.8 Å². The Kier molecular flexibility index (Phi) is 4.30. The Morgan fingerprint density at radius 2 is 2.13 bits per heavy atom. The van der Waals surface area contributed by atoms with Gasteiger partial charge in [-0.2, -0.15) is 5.10 Å². The lowest BCUT2D eigenvalue weighted by Gasteiger charge is -2.01. The van der Waals surface area contributed by atoms with Gasteiger partial charge in [0.15, 0.2) is 10.7 Å². The van der Waals surface area contributed by atoms with Crippen molar-refractivity contribution in [1.82, 2.24) is 20.0 Å². The third-order valence-corrected chi connectivity index (χ3v) is 3.82. The van der Waals surface area contributed by atoms with Crippen LogP contribution >= 0.6 is 22.9 Å². The number of carbonyl (C=O) groups is 1. The lowest BCUT2D eigenvalue weighted by atomic mass is 10.3. The Morgan fingerprint density at radius 3 is 2.83 bits per heavy atom. The summed E-state index contributed by atoms with van der Waals surface area (Å²) in [6.07, 6.45) is -1.13. The molecule has 0 aliphatic heterocycles. The van der Waals surface area contributed by atoms with Gasteiger partial charge in [-0.1, -0.05) is 29.0 Å². The van der Waals surface area contributed by atoms with E-state index < -0.39 is 17.3 Å². The zero-order chi connectivity index (χ0) is 16.4. The summed E-state index contributed by atoms with van der Waals surface area (Å²) < 4.78 is 26.3. The molecular formula is C13H8ClF2N5OS.